The van der Waals surface area contributed by atoms with Gasteiger partial charge in [0.15, 0.2) is 5.82 Å². The van der Waals surface area contributed by atoms with Crippen molar-refractivity contribution in [2.75, 3.05) is 18.5 Å². The van der Waals surface area contributed by atoms with Gasteiger partial charge in [0.25, 0.3) is 0 Å². The highest BCUT2D eigenvalue weighted by molar-refractivity contribution is 5.67. The van der Waals surface area contributed by atoms with E-state index in [1.807, 2.05) is 10.7 Å². The van der Waals surface area contributed by atoms with E-state index in [2.05, 4.69) is 42.2 Å². The van der Waals surface area contributed by atoms with Crippen LogP contribution in [0.3, 0.4) is 0 Å². The first-order valence-corrected chi connectivity index (χ1v) is 7.35. The van der Waals surface area contributed by atoms with Crippen molar-refractivity contribution in [2.24, 2.45) is 5.92 Å². The normalized spacial score (nSPS) is 22.8. The molecule has 1 saturated heterocycles. The maximum Gasteiger partial charge on any atom is 0.152 e. The molecule has 3 heterocycles. The maximum absolute atomic E-state index is 5.60. The molecule has 5 heteroatoms. The van der Waals surface area contributed by atoms with Crippen LogP contribution in [0.4, 0.5) is 5.82 Å². The predicted molar refractivity (Wildman–Crippen MR) is 79.1 cm³/mol. The van der Waals surface area contributed by atoms with Crippen LogP contribution in [0.1, 0.15) is 38.8 Å². The minimum absolute atomic E-state index is 0.332. The van der Waals surface area contributed by atoms with Crippen LogP contribution in [0, 0.1) is 5.92 Å². The summed E-state index contributed by atoms with van der Waals surface area (Å²) in [6.07, 6.45) is 5.14. The largest absolute Gasteiger partial charge is 0.378 e. The first kappa shape index (κ1) is 13.4. The lowest BCUT2D eigenvalue weighted by Gasteiger charge is -2.15. The van der Waals surface area contributed by atoms with E-state index in [0.29, 0.717) is 17.9 Å². The third-order valence-corrected chi connectivity index (χ3v) is 4.07. The van der Waals surface area contributed by atoms with Crippen molar-refractivity contribution >= 4 is 11.3 Å². The van der Waals surface area contributed by atoms with Crippen molar-refractivity contribution in [2.45, 2.75) is 39.2 Å². The number of hydrogen-bond acceptors (Lipinski definition) is 4. The van der Waals surface area contributed by atoms with Crippen LogP contribution in [-0.2, 0) is 4.74 Å². The second-order valence-electron chi connectivity index (χ2n) is 5.84. The van der Waals surface area contributed by atoms with Gasteiger partial charge in [0, 0.05) is 31.5 Å². The smallest absolute Gasteiger partial charge is 0.152 e. The summed E-state index contributed by atoms with van der Waals surface area (Å²) in [5.41, 5.74) is 2.14. The van der Waals surface area contributed by atoms with Gasteiger partial charge in [-0.3, -0.25) is 0 Å². The van der Waals surface area contributed by atoms with Gasteiger partial charge in [0.1, 0.15) is 5.52 Å². The zero-order valence-electron chi connectivity index (χ0n) is 12.3. The van der Waals surface area contributed by atoms with E-state index in [9.17, 15) is 0 Å². The van der Waals surface area contributed by atoms with Gasteiger partial charge in [0.2, 0.25) is 0 Å². The van der Waals surface area contributed by atoms with Crippen LogP contribution in [0.2, 0.25) is 0 Å². The van der Waals surface area contributed by atoms with E-state index >= 15 is 0 Å². The van der Waals surface area contributed by atoms with Gasteiger partial charge in [-0.15, -0.1) is 0 Å². The topological polar surface area (TPSA) is 51.5 Å². The summed E-state index contributed by atoms with van der Waals surface area (Å²) in [5, 5.41) is 8.04. The van der Waals surface area contributed by atoms with Crippen molar-refractivity contribution in [3.05, 3.63) is 24.2 Å². The Bertz CT molecular complexity index is 593. The highest BCUT2D eigenvalue weighted by Gasteiger charge is 2.24. The molecule has 2 atom stereocenters. The van der Waals surface area contributed by atoms with Crippen molar-refractivity contribution < 1.29 is 4.74 Å². The quantitative estimate of drug-likeness (QED) is 0.931. The van der Waals surface area contributed by atoms with E-state index in [0.717, 1.165) is 36.6 Å². The van der Waals surface area contributed by atoms with Crippen LogP contribution in [0.15, 0.2) is 18.5 Å². The van der Waals surface area contributed by atoms with Gasteiger partial charge in [0.05, 0.1) is 11.8 Å². The Balaban J connectivity index is 1.80. The Hall–Kier alpha value is -1.62. The highest BCUT2D eigenvalue weighted by Crippen LogP contribution is 2.23. The third kappa shape index (κ3) is 2.50. The van der Waals surface area contributed by atoms with E-state index in [-0.39, 0.29) is 0 Å². The average Bonchev–Trinajstić information content (AvgIpc) is 3.02. The van der Waals surface area contributed by atoms with Gasteiger partial charge in [-0.1, -0.05) is 13.8 Å². The van der Waals surface area contributed by atoms with Gasteiger partial charge in [-0.2, -0.15) is 5.10 Å². The Morgan fingerprint density at radius 1 is 1.50 bits per heavy atom. The Labute approximate surface area is 119 Å². The Morgan fingerprint density at radius 3 is 3.05 bits per heavy atom. The molecule has 1 fully saturated rings. The molecule has 1 N–H and O–H groups in total. The molecule has 0 bridgehead atoms. The molecule has 108 valence electrons. The lowest BCUT2D eigenvalue weighted by atomic mass is 10.0. The molecule has 0 amide bonds. The minimum Gasteiger partial charge on any atom is -0.378 e. The molecule has 2 aromatic heterocycles. The highest BCUT2D eigenvalue weighted by atomic mass is 16.5. The van der Waals surface area contributed by atoms with E-state index in [4.69, 9.17) is 4.74 Å². The molecule has 0 aliphatic carbocycles. The van der Waals surface area contributed by atoms with Crippen LogP contribution in [0.5, 0.6) is 0 Å². The summed E-state index contributed by atoms with van der Waals surface area (Å²) < 4.78 is 7.50. The molecule has 0 saturated carbocycles. The SMILES string of the molecule is CC(C)c1cc2c(NCC3CCOC3C)nccn2n1. The number of nitrogens with zero attached hydrogens (tertiary/aromatic N) is 3. The third-order valence-electron chi connectivity index (χ3n) is 4.07. The van der Waals surface area contributed by atoms with Crippen LogP contribution >= 0.6 is 0 Å². The van der Waals surface area contributed by atoms with Gasteiger partial charge < -0.3 is 10.1 Å². The Kier molecular flexibility index (Phi) is 3.61. The molecule has 3 rings (SSSR count). The summed E-state index contributed by atoms with van der Waals surface area (Å²) in [7, 11) is 0. The first-order chi connectivity index (χ1) is 9.65. The minimum atomic E-state index is 0.332. The number of anilines is 1. The summed E-state index contributed by atoms with van der Waals surface area (Å²) in [6.45, 7) is 8.22. The average molecular weight is 274 g/mol. The lowest BCUT2D eigenvalue weighted by Crippen LogP contribution is -2.21. The van der Waals surface area contributed by atoms with Crippen LogP contribution < -0.4 is 5.32 Å². The maximum atomic E-state index is 5.60. The molecule has 5 nitrogen and oxygen atoms in total. The molecular weight excluding hydrogens is 252 g/mol. The zero-order valence-corrected chi connectivity index (χ0v) is 12.3. The molecule has 0 spiro atoms. The number of rotatable bonds is 4. The molecule has 20 heavy (non-hydrogen) atoms. The molecule has 2 aromatic rings. The molecule has 0 aromatic carbocycles. The zero-order chi connectivity index (χ0) is 14.1. The Morgan fingerprint density at radius 2 is 2.35 bits per heavy atom. The van der Waals surface area contributed by atoms with E-state index < -0.39 is 0 Å². The second-order valence-corrected chi connectivity index (χ2v) is 5.84. The second kappa shape index (κ2) is 5.40. The van der Waals surface area contributed by atoms with Crippen LogP contribution in [0.25, 0.3) is 5.52 Å². The van der Waals surface area contributed by atoms with Crippen molar-refractivity contribution in [1.82, 2.24) is 14.6 Å². The standard InChI is InChI=1S/C15H22N4O/c1-10(2)13-8-14-15(16-5-6-19(14)18-13)17-9-12-4-7-20-11(12)3/h5-6,8,10-12H,4,7,9H2,1-3H3,(H,16,17). The molecule has 2 unspecified atom stereocenters. The van der Waals surface area contributed by atoms with E-state index in [1.165, 1.54) is 0 Å². The van der Waals surface area contributed by atoms with Gasteiger partial charge >= 0.3 is 0 Å². The van der Waals surface area contributed by atoms with Crippen molar-refractivity contribution in [3.8, 4) is 0 Å². The molecular formula is C15H22N4O. The number of ether oxygens (including phenoxy) is 1. The fraction of sp³-hybridized carbons (Fsp3) is 0.600. The van der Waals surface area contributed by atoms with Crippen molar-refractivity contribution in [3.63, 3.8) is 0 Å². The molecule has 0 radical (unpaired) electrons. The summed E-state index contributed by atoms with van der Waals surface area (Å²) in [6, 6.07) is 2.12. The molecule has 1 aliphatic rings. The van der Waals surface area contributed by atoms with Gasteiger partial charge in [-0.25, -0.2) is 9.50 Å². The monoisotopic (exact) mass is 274 g/mol. The summed E-state index contributed by atoms with van der Waals surface area (Å²) >= 11 is 0. The number of nitrogens with one attached hydrogen (secondary N) is 1. The van der Waals surface area contributed by atoms with Crippen molar-refractivity contribution in [1.29, 1.82) is 0 Å². The fourth-order valence-electron chi connectivity index (χ4n) is 2.63. The number of aromatic nitrogens is 3. The number of fused-ring (bicyclic) bond motifs is 1. The van der Waals surface area contributed by atoms with Crippen LogP contribution in [-0.4, -0.2) is 33.9 Å². The predicted octanol–water partition coefficient (Wildman–Crippen LogP) is 2.69. The number of hydrogen-bond donors (Lipinski definition) is 1. The van der Waals surface area contributed by atoms with E-state index in [1.54, 1.807) is 6.20 Å². The van der Waals surface area contributed by atoms with Gasteiger partial charge in [-0.05, 0) is 25.3 Å². The molecule has 1 aliphatic heterocycles. The first-order valence-electron chi connectivity index (χ1n) is 7.35. The summed E-state index contributed by atoms with van der Waals surface area (Å²) in [4.78, 5) is 4.45. The lowest BCUT2D eigenvalue weighted by molar-refractivity contribution is 0.108. The fourth-order valence-corrected chi connectivity index (χ4v) is 2.63. The summed E-state index contributed by atoms with van der Waals surface area (Å²) in [5.74, 6) is 1.89.